The van der Waals surface area contributed by atoms with E-state index in [0.29, 0.717) is 6.04 Å². The molecule has 0 spiro atoms. The number of carbonyl (C=O) groups excluding carboxylic acids is 1. The van der Waals surface area contributed by atoms with Crippen LogP contribution in [0.4, 0.5) is 0 Å². The van der Waals surface area contributed by atoms with Crippen LogP contribution < -0.4 is 10.1 Å². The van der Waals surface area contributed by atoms with Crippen molar-refractivity contribution in [3.63, 3.8) is 0 Å². The van der Waals surface area contributed by atoms with E-state index in [1.54, 1.807) is 13.3 Å². The molecule has 2 heterocycles. The van der Waals surface area contributed by atoms with Gasteiger partial charge in [-0.15, -0.1) is 0 Å². The van der Waals surface area contributed by atoms with Gasteiger partial charge in [0.25, 0.3) is 5.91 Å². The summed E-state index contributed by atoms with van der Waals surface area (Å²) in [5, 5.41) is 8.03. The Labute approximate surface area is 177 Å². The maximum Gasteiger partial charge on any atom is 0.253 e. The average Bonchev–Trinajstić information content (AvgIpc) is 3.32. The molecule has 1 N–H and O–H groups in total. The maximum atomic E-state index is 12.7. The van der Waals surface area contributed by atoms with Gasteiger partial charge in [-0.2, -0.15) is 5.10 Å². The minimum atomic E-state index is 0.127. The minimum Gasteiger partial charge on any atom is -0.497 e. The number of likely N-dealkylation sites (tertiary alicyclic amines) is 1. The predicted octanol–water partition coefficient (Wildman–Crippen LogP) is 3.58. The van der Waals surface area contributed by atoms with Gasteiger partial charge in [0.15, 0.2) is 0 Å². The molecule has 0 unspecified atom stereocenters. The molecule has 1 aliphatic rings. The van der Waals surface area contributed by atoms with E-state index >= 15 is 0 Å². The summed E-state index contributed by atoms with van der Waals surface area (Å²) in [7, 11) is 1.68. The second kappa shape index (κ2) is 9.13. The van der Waals surface area contributed by atoms with Gasteiger partial charge >= 0.3 is 0 Å². The fourth-order valence-electron chi connectivity index (χ4n) is 3.88. The van der Waals surface area contributed by atoms with Crippen molar-refractivity contribution in [3.05, 3.63) is 77.6 Å². The highest BCUT2D eigenvalue weighted by Crippen LogP contribution is 2.22. The van der Waals surface area contributed by atoms with E-state index in [2.05, 4.69) is 16.5 Å². The first kappa shape index (κ1) is 20.2. The van der Waals surface area contributed by atoms with Gasteiger partial charge in [0.2, 0.25) is 0 Å². The van der Waals surface area contributed by atoms with Crippen molar-refractivity contribution in [1.29, 1.82) is 0 Å². The van der Waals surface area contributed by atoms with Crippen LogP contribution in [-0.4, -0.2) is 46.8 Å². The van der Waals surface area contributed by atoms with Gasteiger partial charge in [-0.05, 0) is 61.7 Å². The van der Waals surface area contributed by atoms with E-state index in [1.165, 1.54) is 5.56 Å². The Morgan fingerprint density at radius 1 is 1.17 bits per heavy atom. The first-order valence-corrected chi connectivity index (χ1v) is 10.4. The Morgan fingerprint density at radius 2 is 1.93 bits per heavy atom. The third-order valence-electron chi connectivity index (χ3n) is 5.70. The molecule has 156 valence electrons. The molecule has 30 heavy (non-hydrogen) atoms. The van der Waals surface area contributed by atoms with Crippen LogP contribution in [-0.2, 0) is 6.54 Å². The number of methoxy groups -OCH3 is 1. The quantitative estimate of drug-likeness (QED) is 0.682. The van der Waals surface area contributed by atoms with Crippen LogP contribution in [0.3, 0.4) is 0 Å². The molecule has 4 rings (SSSR count). The van der Waals surface area contributed by atoms with Crippen molar-refractivity contribution in [2.24, 2.45) is 0 Å². The van der Waals surface area contributed by atoms with Crippen molar-refractivity contribution in [1.82, 2.24) is 20.0 Å². The number of nitrogens with one attached hydrogen (secondary N) is 1. The number of rotatable bonds is 6. The lowest BCUT2D eigenvalue weighted by molar-refractivity contribution is 0.0704. The summed E-state index contributed by atoms with van der Waals surface area (Å²) in [6.07, 6.45) is 5.61. The Bertz CT molecular complexity index is 975. The number of hydrogen-bond acceptors (Lipinski definition) is 4. The standard InChI is InChI=1S/C24H28N4O2/c1-18-4-6-19(7-5-18)24(29)27-14-10-21(11-15-27)25-17-20-16-22(30-2)8-9-23(20)28-13-3-12-26-28/h3-9,12-13,16,21,25H,10-11,14-15,17H2,1-2H3. The zero-order valence-electron chi connectivity index (χ0n) is 17.5. The predicted molar refractivity (Wildman–Crippen MR) is 117 cm³/mol. The molecule has 1 fully saturated rings. The number of ether oxygens (including phenoxy) is 1. The molecular weight excluding hydrogens is 376 g/mol. The van der Waals surface area contributed by atoms with Crippen molar-refractivity contribution in [3.8, 4) is 11.4 Å². The van der Waals surface area contributed by atoms with Crippen molar-refractivity contribution >= 4 is 5.91 Å². The van der Waals surface area contributed by atoms with Gasteiger partial charge in [0.05, 0.1) is 12.8 Å². The number of piperidine rings is 1. The van der Waals surface area contributed by atoms with Gasteiger partial charge in [0, 0.05) is 43.6 Å². The van der Waals surface area contributed by atoms with Gasteiger partial charge < -0.3 is 15.0 Å². The largest absolute Gasteiger partial charge is 0.497 e. The van der Waals surface area contributed by atoms with Crippen LogP contribution in [0.5, 0.6) is 5.75 Å². The van der Waals surface area contributed by atoms with Gasteiger partial charge in [-0.3, -0.25) is 4.79 Å². The number of hydrogen-bond donors (Lipinski definition) is 1. The number of carbonyl (C=O) groups is 1. The molecule has 0 aliphatic carbocycles. The summed E-state index contributed by atoms with van der Waals surface area (Å²) in [5.74, 6) is 0.962. The summed E-state index contributed by atoms with van der Waals surface area (Å²) >= 11 is 0. The first-order valence-electron chi connectivity index (χ1n) is 10.4. The third kappa shape index (κ3) is 4.54. The topological polar surface area (TPSA) is 59.4 Å². The molecule has 0 atom stereocenters. The molecule has 0 radical (unpaired) electrons. The van der Waals surface area contributed by atoms with E-state index in [9.17, 15) is 4.79 Å². The summed E-state index contributed by atoms with van der Waals surface area (Å²) in [5.41, 5.74) is 4.12. The molecule has 0 bridgehead atoms. The van der Waals surface area contributed by atoms with Gasteiger partial charge in [0.1, 0.15) is 5.75 Å². The third-order valence-corrected chi connectivity index (χ3v) is 5.70. The van der Waals surface area contributed by atoms with Gasteiger partial charge in [-0.1, -0.05) is 17.7 Å². The summed E-state index contributed by atoms with van der Waals surface area (Å²) in [6.45, 7) is 4.30. The zero-order valence-corrected chi connectivity index (χ0v) is 17.5. The van der Waals surface area contributed by atoms with Crippen LogP contribution in [0.1, 0.15) is 34.3 Å². The van der Waals surface area contributed by atoms with E-state index in [1.807, 2.05) is 65.2 Å². The van der Waals surface area contributed by atoms with Crippen molar-refractivity contribution in [2.45, 2.75) is 32.4 Å². The summed E-state index contributed by atoms with van der Waals surface area (Å²) in [4.78, 5) is 14.7. The lowest BCUT2D eigenvalue weighted by Gasteiger charge is -2.32. The zero-order chi connectivity index (χ0) is 20.9. The second-order valence-electron chi connectivity index (χ2n) is 7.76. The number of benzene rings is 2. The van der Waals surface area contributed by atoms with Crippen LogP contribution in [0, 0.1) is 6.92 Å². The fourth-order valence-corrected chi connectivity index (χ4v) is 3.88. The van der Waals surface area contributed by atoms with E-state index in [4.69, 9.17) is 4.74 Å². The van der Waals surface area contributed by atoms with E-state index in [0.717, 1.165) is 55.0 Å². The lowest BCUT2D eigenvalue weighted by Crippen LogP contribution is -2.44. The fraction of sp³-hybridized carbons (Fsp3) is 0.333. The highest BCUT2D eigenvalue weighted by Gasteiger charge is 2.23. The number of aromatic nitrogens is 2. The van der Waals surface area contributed by atoms with E-state index in [-0.39, 0.29) is 5.91 Å². The number of amides is 1. The smallest absolute Gasteiger partial charge is 0.253 e. The van der Waals surface area contributed by atoms with E-state index < -0.39 is 0 Å². The minimum absolute atomic E-state index is 0.127. The number of aryl methyl sites for hydroxylation is 1. The van der Waals surface area contributed by atoms with Gasteiger partial charge in [-0.25, -0.2) is 4.68 Å². The lowest BCUT2D eigenvalue weighted by atomic mass is 10.0. The van der Waals surface area contributed by atoms with Crippen molar-refractivity contribution < 1.29 is 9.53 Å². The van der Waals surface area contributed by atoms with Crippen LogP contribution in [0.15, 0.2) is 60.9 Å². The molecule has 1 amide bonds. The molecule has 6 heteroatoms. The van der Waals surface area contributed by atoms with Crippen LogP contribution in [0.2, 0.25) is 0 Å². The highest BCUT2D eigenvalue weighted by atomic mass is 16.5. The highest BCUT2D eigenvalue weighted by molar-refractivity contribution is 5.94. The van der Waals surface area contributed by atoms with Crippen LogP contribution in [0.25, 0.3) is 5.69 Å². The first-order chi connectivity index (χ1) is 14.6. The Kier molecular flexibility index (Phi) is 6.14. The Balaban J connectivity index is 1.36. The summed E-state index contributed by atoms with van der Waals surface area (Å²) < 4.78 is 7.28. The van der Waals surface area contributed by atoms with Crippen molar-refractivity contribution in [2.75, 3.05) is 20.2 Å². The normalized spacial score (nSPS) is 14.7. The maximum absolute atomic E-state index is 12.7. The second-order valence-corrected chi connectivity index (χ2v) is 7.76. The molecule has 1 aromatic heterocycles. The average molecular weight is 405 g/mol. The molecule has 2 aromatic carbocycles. The molecule has 1 saturated heterocycles. The number of nitrogens with zero attached hydrogens (tertiary/aromatic N) is 3. The van der Waals surface area contributed by atoms with Crippen LogP contribution >= 0.6 is 0 Å². The molecule has 3 aromatic rings. The molecule has 0 saturated carbocycles. The summed E-state index contributed by atoms with van der Waals surface area (Å²) in [6, 6.07) is 16.2. The Morgan fingerprint density at radius 3 is 2.60 bits per heavy atom. The molecule has 6 nitrogen and oxygen atoms in total. The molecule has 1 aliphatic heterocycles. The monoisotopic (exact) mass is 404 g/mol. The Hall–Kier alpha value is -3.12. The SMILES string of the molecule is COc1ccc(-n2cccn2)c(CNC2CCN(C(=O)c3ccc(C)cc3)CC2)c1. The molecular formula is C24H28N4O2.